The highest BCUT2D eigenvalue weighted by Gasteiger charge is 2.48. The molecule has 0 saturated carbocycles. The summed E-state index contributed by atoms with van der Waals surface area (Å²) in [6, 6.07) is 8.11. The zero-order valence-electron chi connectivity index (χ0n) is 15.9. The summed E-state index contributed by atoms with van der Waals surface area (Å²) in [5, 5.41) is 14.3. The first-order valence-corrected chi connectivity index (χ1v) is 9.86. The topological polar surface area (TPSA) is 111 Å². The van der Waals surface area contributed by atoms with E-state index in [1.165, 1.54) is 35.0 Å². The maximum absolute atomic E-state index is 12.5. The normalized spacial score (nSPS) is 12.9. The van der Waals surface area contributed by atoms with Crippen LogP contribution in [0.3, 0.4) is 0 Å². The molecule has 1 aromatic carbocycles. The van der Waals surface area contributed by atoms with Gasteiger partial charge in [-0.3, -0.25) is 0 Å². The predicted octanol–water partition coefficient (Wildman–Crippen LogP) is 3.64. The predicted molar refractivity (Wildman–Crippen MR) is 100 cm³/mol. The van der Waals surface area contributed by atoms with Gasteiger partial charge in [0.25, 0.3) is 0 Å². The SMILES string of the molecule is CC(C)(C)c1cc(C(=O)O)n(-c2ccc3nc(OS(=O)(=O)C(F)(F)F)ccc3c2)n1. The molecule has 8 nitrogen and oxygen atoms in total. The molecule has 0 aliphatic carbocycles. The molecular weight excluding hydrogens is 427 g/mol. The molecular formula is C18H16F3N3O5S. The summed E-state index contributed by atoms with van der Waals surface area (Å²) in [5.74, 6) is -1.93. The van der Waals surface area contributed by atoms with Gasteiger partial charge >= 0.3 is 21.6 Å². The molecule has 2 aromatic heterocycles. The average molecular weight is 443 g/mol. The molecule has 12 heteroatoms. The van der Waals surface area contributed by atoms with Crippen molar-refractivity contribution in [2.24, 2.45) is 0 Å². The summed E-state index contributed by atoms with van der Waals surface area (Å²) in [4.78, 5) is 15.4. The van der Waals surface area contributed by atoms with Crippen molar-refractivity contribution in [2.75, 3.05) is 0 Å². The summed E-state index contributed by atoms with van der Waals surface area (Å²) >= 11 is 0. The number of carbonyl (C=O) groups is 1. The van der Waals surface area contributed by atoms with Gasteiger partial charge in [-0.05, 0) is 30.3 Å². The van der Waals surface area contributed by atoms with Crippen LogP contribution < -0.4 is 4.18 Å². The number of fused-ring (bicyclic) bond motifs is 1. The number of aromatic carboxylic acids is 1. The van der Waals surface area contributed by atoms with E-state index >= 15 is 0 Å². The number of benzene rings is 1. The number of rotatable bonds is 4. The standard InChI is InChI=1S/C18H16F3N3O5S/c1-17(2,3)14-9-13(16(25)26)24(23-14)11-5-6-12-10(8-11)4-7-15(22-12)29-30(27,28)18(19,20)21/h4-9H,1-3H3,(H,25,26). The second-order valence-electron chi connectivity index (χ2n) is 7.39. The molecule has 0 spiro atoms. The van der Waals surface area contributed by atoms with Crippen LogP contribution in [-0.2, 0) is 15.5 Å². The maximum Gasteiger partial charge on any atom is 0.534 e. The Morgan fingerprint density at radius 2 is 1.77 bits per heavy atom. The minimum Gasteiger partial charge on any atom is -0.477 e. The zero-order valence-corrected chi connectivity index (χ0v) is 16.7. The number of hydrogen-bond donors (Lipinski definition) is 1. The molecule has 3 rings (SSSR count). The summed E-state index contributed by atoms with van der Waals surface area (Å²) < 4.78 is 64.9. The fraction of sp³-hybridized carbons (Fsp3) is 0.278. The van der Waals surface area contributed by atoms with Gasteiger partial charge in [0.15, 0.2) is 5.69 Å². The second kappa shape index (κ2) is 6.97. The molecule has 1 N–H and O–H groups in total. The lowest BCUT2D eigenvalue weighted by atomic mass is 9.92. The molecule has 0 unspecified atom stereocenters. The number of nitrogens with zero attached hydrogens (tertiary/aromatic N) is 3. The minimum atomic E-state index is -5.84. The van der Waals surface area contributed by atoms with Crippen LogP contribution in [0.5, 0.6) is 5.88 Å². The number of aromatic nitrogens is 3. The Morgan fingerprint density at radius 1 is 1.10 bits per heavy atom. The van der Waals surface area contributed by atoms with Gasteiger partial charge in [-0.1, -0.05) is 20.8 Å². The molecule has 0 radical (unpaired) electrons. The zero-order chi connectivity index (χ0) is 22.5. The Labute approximate surface area is 169 Å². The van der Waals surface area contributed by atoms with Gasteiger partial charge < -0.3 is 9.29 Å². The van der Waals surface area contributed by atoms with Crippen molar-refractivity contribution in [1.82, 2.24) is 14.8 Å². The van der Waals surface area contributed by atoms with Crippen LogP contribution in [0.4, 0.5) is 13.2 Å². The number of pyridine rings is 1. The summed E-state index contributed by atoms with van der Waals surface area (Å²) in [6.07, 6.45) is 0. The summed E-state index contributed by atoms with van der Waals surface area (Å²) in [7, 11) is -5.84. The summed E-state index contributed by atoms with van der Waals surface area (Å²) in [6.45, 7) is 5.64. The van der Waals surface area contributed by atoms with Gasteiger partial charge in [0.2, 0.25) is 5.88 Å². The van der Waals surface area contributed by atoms with Crippen molar-refractivity contribution in [3.63, 3.8) is 0 Å². The largest absolute Gasteiger partial charge is 0.534 e. The van der Waals surface area contributed by atoms with E-state index in [2.05, 4.69) is 14.3 Å². The smallest absolute Gasteiger partial charge is 0.477 e. The molecule has 160 valence electrons. The maximum atomic E-state index is 12.5. The monoisotopic (exact) mass is 443 g/mol. The Morgan fingerprint density at radius 3 is 2.33 bits per heavy atom. The average Bonchev–Trinajstić information content (AvgIpc) is 3.06. The van der Waals surface area contributed by atoms with Crippen molar-refractivity contribution >= 4 is 27.0 Å². The van der Waals surface area contributed by atoms with Crippen LogP contribution in [0.1, 0.15) is 37.0 Å². The van der Waals surface area contributed by atoms with E-state index in [0.717, 1.165) is 6.07 Å². The number of carboxylic acid groups (broad SMARTS) is 1. The van der Waals surface area contributed by atoms with Crippen LogP contribution >= 0.6 is 0 Å². The van der Waals surface area contributed by atoms with E-state index in [1.807, 2.05) is 20.8 Å². The van der Waals surface area contributed by atoms with E-state index < -0.39 is 32.9 Å². The van der Waals surface area contributed by atoms with Gasteiger partial charge in [0, 0.05) is 16.9 Å². The van der Waals surface area contributed by atoms with Crippen LogP contribution in [0.2, 0.25) is 0 Å². The third-order valence-electron chi connectivity index (χ3n) is 4.07. The Balaban J connectivity index is 2.04. The first kappa shape index (κ1) is 21.6. The molecule has 2 heterocycles. The first-order valence-electron chi connectivity index (χ1n) is 8.45. The van der Waals surface area contributed by atoms with E-state index in [4.69, 9.17) is 0 Å². The van der Waals surface area contributed by atoms with E-state index in [1.54, 1.807) is 0 Å². The van der Waals surface area contributed by atoms with Gasteiger partial charge in [-0.2, -0.15) is 26.7 Å². The lowest BCUT2D eigenvalue weighted by Crippen LogP contribution is -2.28. The molecule has 0 amide bonds. The highest BCUT2D eigenvalue weighted by atomic mass is 32.2. The van der Waals surface area contributed by atoms with Crippen molar-refractivity contribution in [3.8, 4) is 11.6 Å². The van der Waals surface area contributed by atoms with Gasteiger partial charge in [-0.15, -0.1) is 0 Å². The number of carboxylic acids is 1. The van der Waals surface area contributed by atoms with Crippen LogP contribution in [0.25, 0.3) is 16.6 Å². The first-order chi connectivity index (χ1) is 13.7. The Hall–Kier alpha value is -3.15. The minimum absolute atomic E-state index is 0.0662. The molecule has 0 aliphatic heterocycles. The third-order valence-corrected chi connectivity index (χ3v) is 5.02. The Bertz CT molecular complexity index is 1240. The van der Waals surface area contributed by atoms with Crippen molar-refractivity contribution in [1.29, 1.82) is 0 Å². The molecule has 0 aliphatic rings. The van der Waals surface area contributed by atoms with Gasteiger partial charge in [0.05, 0.1) is 16.9 Å². The number of alkyl halides is 3. The number of hydrogen-bond acceptors (Lipinski definition) is 6. The molecule has 0 atom stereocenters. The molecule has 3 aromatic rings. The molecule has 30 heavy (non-hydrogen) atoms. The highest BCUT2D eigenvalue weighted by molar-refractivity contribution is 7.87. The van der Waals surface area contributed by atoms with Crippen LogP contribution in [-0.4, -0.2) is 39.8 Å². The van der Waals surface area contributed by atoms with Gasteiger partial charge in [0.1, 0.15) is 0 Å². The molecule has 0 fully saturated rings. The summed E-state index contributed by atoms with van der Waals surface area (Å²) in [5.41, 5.74) is -4.96. The Kier molecular flexibility index (Phi) is 5.01. The van der Waals surface area contributed by atoms with Crippen molar-refractivity contribution in [2.45, 2.75) is 31.7 Å². The van der Waals surface area contributed by atoms with Crippen LogP contribution in [0, 0.1) is 0 Å². The van der Waals surface area contributed by atoms with E-state index in [-0.39, 0.29) is 11.2 Å². The quantitative estimate of drug-likeness (QED) is 0.484. The van der Waals surface area contributed by atoms with Crippen molar-refractivity contribution in [3.05, 3.63) is 47.8 Å². The van der Waals surface area contributed by atoms with E-state index in [0.29, 0.717) is 16.8 Å². The lowest BCUT2D eigenvalue weighted by Gasteiger charge is -2.14. The molecule has 0 bridgehead atoms. The fourth-order valence-corrected chi connectivity index (χ4v) is 2.94. The van der Waals surface area contributed by atoms with E-state index in [9.17, 15) is 31.5 Å². The lowest BCUT2D eigenvalue weighted by molar-refractivity contribution is -0.0501. The van der Waals surface area contributed by atoms with Crippen LogP contribution in [0.15, 0.2) is 36.4 Å². The molecule has 0 saturated heterocycles. The third kappa shape index (κ3) is 4.08. The van der Waals surface area contributed by atoms with Gasteiger partial charge in [-0.25, -0.2) is 14.5 Å². The highest BCUT2D eigenvalue weighted by Crippen LogP contribution is 2.28. The second-order valence-corrected chi connectivity index (χ2v) is 8.93. The number of halogens is 3. The fourth-order valence-electron chi connectivity index (χ4n) is 2.53. The van der Waals surface area contributed by atoms with Crippen molar-refractivity contribution < 1.29 is 35.7 Å².